The van der Waals surface area contributed by atoms with Crippen LogP contribution in [0.4, 0.5) is 13.2 Å². The number of nitrogens with zero attached hydrogens (tertiary/aromatic N) is 1. The topological polar surface area (TPSA) is 23.8 Å². The lowest BCUT2D eigenvalue weighted by molar-refractivity contribution is -0.137. The number of rotatable bonds is 7. The first-order valence-corrected chi connectivity index (χ1v) is 14.8. The maximum absolute atomic E-state index is 12.3. The summed E-state index contributed by atoms with van der Waals surface area (Å²) >= 11 is 0. The number of hydrogen-bond donors (Lipinski definition) is 0. The van der Waals surface area contributed by atoms with Crippen LogP contribution in [0.2, 0.25) is 0 Å². The van der Waals surface area contributed by atoms with E-state index in [1.165, 1.54) is 84.6 Å². The highest BCUT2D eigenvalue weighted by Gasteiger charge is 2.36. The molecule has 0 aliphatic heterocycles. The Morgan fingerprint density at radius 2 is 1.63 bits per heavy atom. The van der Waals surface area contributed by atoms with E-state index in [4.69, 9.17) is 5.26 Å². The van der Waals surface area contributed by atoms with Gasteiger partial charge in [-0.25, -0.2) is 0 Å². The average Bonchev–Trinajstić information content (AvgIpc) is 2.97. The maximum Gasteiger partial charge on any atom is 0.417 e. The summed E-state index contributed by atoms with van der Waals surface area (Å²) in [5.74, 6) is 1.41. The number of allylic oxidation sites excluding steroid dienone is 1. The van der Waals surface area contributed by atoms with E-state index in [1.807, 2.05) is 0 Å². The molecule has 0 amide bonds. The SMILES string of the molecule is C=C(C)C(C)(Cc1cccc(-c2ccc(C(C)CC)cc2)c1)C1CCCCC1.Cc1ccc(C#N)c(C(F)(F)F)c1. The summed E-state index contributed by atoms with van der Waals surface area (Å²) in [6, 6.07) is 23.5. The molecule has 41 heavy (non-hydrogen) atoms. The molecule has 0 spiro atoms. The summed E-state index contributed by atoms with van der Waals surface area (Å²) in [6.45, 7) is 15.2. The molecule has 0 N–H and O–H groups in total. The third kappa shape index (κ3) is 8.35. The first-order valence-electron chi connectivity index (χ1n) is 14.8. The molecule has 1 aliphatic rings. The van der Waals surface area contributed by atoms with Crippen LogP contribution < -0.4 is 0 Å². The molecule has 4 rings (SSSR count). The highest BCUT2D eigenvalue weighted by molar-refractivity contribution is 5.64. The lowest BCUT2D eigenvalue weighted by atomic mass is 9.64. The van der Waals surface area contributed by atoms with Gasteiger partial charge < -0.3 is 0 Å². The van der Waals surface area contributed by atoms with Gasteiger partial charge in [-0.2, -0.15) is 18.4 Å². The van der Waals surface area contributed by atoms with Crippen molar-refractivity contribution in [2.75, 3.05) is 0 Å². The van der Waals surface area contributed by atoms with Crippen LogP contribution in [0.5, 0.6) is 0 Å². The molecule has 3 aromatic rings. The van der Waals surface area contributed by atoms with Gasteiger partial charge in [-0.3, -0.25) is 0 Å². The van der Waals surface area contributed by atoms with Crippen molar-refractivity contribution in [3.05, 3.63) is 107 Å². The van der Waals surface area contributed by atoms with Crippen molar-refractivity contribution in [2.45, 2.75) is 91.7 Å². The molecule has 2 atom stereocenters. The van der Waals surface area contributed by atoms with E-state index in [-0.39, 0.29) is 11.0 Å². The van der Waals surface area contributed by atoms with Crippen molar-refractivity contribution in [3.8, 4) is 17.2 Å². The number of nitriles is 1. The van der Waals surface area contributed by atoms with Crippen molar-refractivity contribution < 1.29 is 13.2 Å². The van der Waals surface area contributed by atoms with Gasteiger partial charge in [-0.1, -0.05) is 112 Å². The van der Waals surface area contributed by atoms with E-state index in [0.29, 0.717) is 11.5 Å². The van der Waals surface area contributed by atoms with Crippen LogP contribution in [0.3, 0.4) is 0 Å². The van der Waals surface area contributed by atoms with Crippen LogP contribution in [0, 0.1) is 29.6 Å². The fraction of sp³-hybridized carbons (Fsp3) is 0.432. The Kier molecular flexibility index (Phi) is 11.0. The Morgan fingerprint density at radius 1 is 0.976 bits per heavy atom. The molecule has 0 bridgehead atoms. The van der Waals surface area contributed by atoms with E-state index >= 15 is 0 Å². The van der Waals surface area contributed by atoms with Crippen LogP contribution in [0.1, 0.15) is 100.0 Å². The largest absolute Gasteiger partial charge is 0.417 e. The second-order valence-corrected chi connectivity index (χ2v) is 12.0. The molecular weight excluding hydrogens is 515 g/mol. The Bertz CT molecular complexity index is 1340. The average molecular weight is 560 g/mol. The van der Waals surface area contributed by atoms with Crippen LogP contribution >= 0.6 is 0 Å². The highest BCUT2D eigenvalue weighted by Crippen LogP contribution is 2.45. The van der Waals surface area contributed by atoms with Crippen molar-refractivity contribution in [1.82, 2.24) is 0 Å². The molecule has 1 saturated carbocycles. The van der Waals surface area contributed by atoms with Gasteiger partial charge >= 0.3 is 6.18 Å². The smallest absolute Gasteiger partial charge is 0.192 e. The molecule has 4 heteroatoms. The quantitative estimate of drug-likeness (QED) is 0.264. The van der Waals surface area contributed by atoms with Gasteiger partial charge in [0.25, 0.3) is 0 Å². The minimum atomic E-state index is -4.45. The van der Waals surface area contributed by atoms with E-state index in [0.717, 1.165) is 18.4 Å². The zero-order valence-corrected chi connectivity index (χ0v) is 25.2. The second kappa shape index (κ2) is 14.0. The number of alkyl halides is 3. The van der Waals surface area contributed by atoms with Gasteiger partial charge in [0.1, 0.15) is 0 Å². The molecule has 3 aromatic carbocycles. The summed E-state index contributed by atoms with van der Waals surface area (Å²) in [5.41, 5.74) is 6.39. The van der Waals surface area contributed by atoms with Crippen LogP contribution in [0.25, 0.3) is 11.1 Å². The van der Waals surface area contributed by atoms with E-state index in [2.05, 4.69) is 82.8 Å². The first kappa shape index (κ1) is 32.2. The maximum atomic E-state index is 12.3. The predicted octanol–water partition coefficient (Wildman–Crippen LogP) is 11.5. The minimum absolute atomic E-state index is 0.208. The van der Waals surface area contributed by atoms with Gasteiger partial charge in [0.15, 0.2) is 0 Å². The number of halogens is 3. The number of aryl methyl sites for hydroxylation is 1. The zero-order chi connectivity index (χ0) is 30.2. The zero-order valence-electron chi connectivity index (χ0n) is 25.2. The van der Waals surface area contributed by atoms with Gasteiger partial charge in [0.05, 0.1) is 17.2 Å². The predicted molar refractivity (Wildman–Crippen MR) is 165 cm³/mol. The molecule has 0 saturated heterocycles. The Morgan fingerprint density at radius 3 is 2.20 bits per heavy atom. The fourth-order valence-corrected chi connectivity index (χ4v) is 5.90. The molecule has 1 aliphatic carbocycles. The monoisotopic (exact) mass is 559 g/mol. The third-order valence-corrected chi connectivity index (χ3v) is 9.01. The van der Waals surface area contributed by atoms with Gasteiger partial charge in [-0.05, 0) is 91.2 Å². The van der Waals surface area contributed by atoms with Crippen molar-refractivity contribution in [1.29, 1.82) is 5.26 Å². The van der Waals surface area contributed by atoms with Crippen molar-refractivity contribution in [2.24, 2.45) is 11.3 Å². The number of hydrogen-bond acceptors (Lipinski definition) is 1. The molecule has 218 valence electrons. The van der Waals surface area contributed by atoms with Crippen LogP contribution in [0.15, 0.2) is 78.9 Å². The normalized spacial score (nSPS) is 16.1. The molecular formula is C37H44F3N. The first-order chi connectivity index (χ1) is 19.4. The van der Waals surface area contributed by atoms with Gasteiger partial charge in [0.2, 0.25) is 0 Å². The summed E-state index contributed by atoms with van der Waals surface area (Å²) in [7, 11) is 0. The summed E-state index contributed by atoms with van der Waals surface area (Å²) < 4.78 is 36.8. The molecule has 0 heterocycles. The minimum Gasteiger partial charge on any atom is -0.192 e. The van der Waals surface area contributed by atoms with E-state index < -0.39 is 11.7 Å². The lowest BCUT2D eigenvalue weighted by Crippen LogP contribution is -2.32. The lowest BCUT2D eigenvalue weighted by Gasteiger charge is -2.41. The van der Waals surface area contributed by atoms with Gasteiger partial charge in [-0.15, -0.1) is 0 Å². The summed E-state index contributed by atoms with van der Waals surface area (Å²) in [5, 5.41) is 8.42. The third-order valence-electron chi connectivity index (χ3n) is 9.01. The summed E-state index contributed by atoms with van der Waals surface area (Å²) in [4.78, 5) is 0. The van der Waals surface area contributed by atoms with Gasteiger partial charge in [0, 0.05) is 0 Å². The van der Waals surface area contributed by atoms with E-state index in [1.54, 1.807) is 6.92 Å². The molecule has 1 nitrogen and oxygen atoms in total. The molecule has 0 radical (unpaired) electrons. The summed E-state index contributed by atoms with van der Waals surface area (Å²) in [6.07, 6.45) is 4.75. The standard InChI is InChI=1S/C28H38.C9H6F3N/c1-6-22(4)24-15-17-25(18-16-24)26-12-10-11-23(19-26)20-28(5,21(2)3)27-13-8-7-9-14-27;1-6-2-3-7(5-13)8(4-6)9(10,11)12/h10-12,15-19,22,27H,2,6-9,13-14,20H2,1,3-5H3;2-4H,1H3. The Hall–Kier alpha value is -3.32. The Labute approximate surface area is 245 Å². The highest BCUT2D eigenvalue weighted by atomic mass is 19.4. The fourth-order valence-electron chi connectivity index (χ4n) is 5.90. The second-order valence-electron chi connectivity index (χ2n) is 12.0. The van der Waals surface area contributed by atoms with Crippen molar-refractivity contribution in [3.63, 3.8) is 0 Å². The Balaban J connectivity index is 0.000000298. The molecule has 2 unspecified atom stereocenters. The number of benzene rings is 3. The van der Waals surface area contributed by atoms with E-state index in [9.17, 15) is 13.2 Å². The molecule has 0 aromatic heterocycles. The van der Waals surface area contributed by atoms with Crippen molar-refractivity contribution >= 4 is 0 Å². The van der Waals surface area contributed by atoms with Crippen LogP contribution in [-0.4, -0.2) is 0 Å². The molecule has 1 fully saturated rings. The van der Waals surface area contributed by atoms with Crippen LogP contribution in [-0.2, 0) is 12.6 Å².